The van der Waals surface area contributed by atoms with E-state index in [1.54, 1.807) is 0 Å². The lowest BCUT2D eigenvalue weighted by Crippen LogP contribution is -2.14. The Balaban J connectivity index is 2.50. The zero-order chi connectivity index (χ0) is 13.3. The van der Waals surface area contributed by atoms with Crippen molar-refractivity contribution >= 4 is 31.9 Å². The van der Waals surface area contributed by atoms with Crippen LogP contribution in [0.5, 0.6) is 0 Å². The molecule has 1 nitrogen and oxygen atoms in total. The smallest absolute Gasteiger partial charge is 0.0565 e. The highest BCUT2D eigenvalue weighted by Crippen LogP contribution is 2.31. The van der Waals surface area contributed by atoms with Crippen molar-refractivity contribution in [3.8, 4) is 0 Å². The van der Waals surface area contributed by atoms with Crippen molar-refractivity contribution in [3.63, 3.8) is 0 Å². The SMILES string of the molecule is Cc1ccc(C)c(C(N)c2cc(Br)ccc2Br)c1. The lowest BCUT2D eigenvalue weighted by Gasteiger charge is -2.17. The number of nitrogens with two attached hydrogens (primary N) is 1. The van der Waals surface area contributed by atoms with Crippen molar-refractivity contribution in [2.45, 2.75) is 19.9 Å². The standard InChI is InChI=1S/C15H15Br2N/c1-9-3-4-10(2)12(7-9)15(18)13-8-11(16)5-6-14(13)17/h3-8,15H,18H2,1-2H3. The Morgan fingerprint density at radius 3 is 2.39 bits per heavy atom. The molecule has 0 amide bonds. The molecule has 0 saturated carbocycles. The third-order valence-electron chi connectivity index (χ3n) is 3.06. The van der Waals surface area contributed by atoms with Crippen molar-refractivity contribution in [1.29, 1.82) is 0 Å². The number of aryl methyl sites for hydroxylation is 2. The van der Waals surface area contributed by atoms with Crippen molar-refractivity contribution in [2.24, 2.45) is 5.73 Å². The van der Waals surface area contributed by atoms with Crippen molar-refractivity contribution in [1.82, 2.24) is 0 Å². The van der Waals surface area contributed by atoms with E-state index in [1.807, 2.05) is 12.1 Å². The zero-order valence-electron chi connectivity index (χ0n) is 10.4. The molecule has 0 heterocycles. The van der Waals surface area contributed by atoms with Gasteiger partial charge in [-0.15, -0.1) is 0 Å². The van der Waals surface area contributed by atoms with E-state index in [0.717, 1.165) is 14.5 Å². The lowest BCUT2D eigenvalue weighted by atomic mass is 9.94. The fourth-order valence-electron chi connectivity index (χ4n) is 2.02. The van der Waals surface area contributed by atoms with Crippen LogP contribution in [0.4, 0.5) is 0 Å². The largest absolute Gasteiger partial charge is 0.320 e. The molecule has 2 rings (SSSR count). The number of benzene rings is 2. The molecule has 2 aromatic rings. The summed E-state index contributed by atoms with van der Waals surface area (Å²) < 4.78 is 2.08. The van der Waals surface area contributed by atoms with E-state index in [2.05, 4.69) is 70.0 Å². The summed E-state index contributed by atoms with van der Waals surface area (Å²) in [7, 11) is 0. The number of hydrogen-bond donors (Lipinski definition) is 1. The van der Waals surface area contributed by atoms with Gasteiger partial charge in [0.05, 0.1) is 6.04 Å². The van der Waals surface area contributed by atoms with Crippen LogP contribution in [0.3, 0.4) is 0 Å². The van der Waals surface area contributed by atoms with Crippen molar-refractivity contribution in [2.75, 3.05) is 0 Å². The number of hydrogen-bond acceptors (Lipinski definition) is 1. The van der Waals surface area contributed by atoms with E-state index in [1.165, 1.54) is 16.7 Å². The Hall–Kier alpha value is -0.640. The van der Waals surface area contributed by atoms with Crippen LogP contribution in [-0.2, 0) is 0 Å². The highest BCUT2D eigenvalue weighted by atomic mass is 79.9. The van der Waals surface area contributed by atoms with Gasteiger partial charge in [-0.2, -0.15) is 0 Å². The molecule has 0 spiro atoms. The minimum absolute atomic E-state index is 0.114. The Bertz CT molecular complexity index is 527. The Morgan fingerprint density at radius 2 is 1.67 bits per heavy atom. The molecule has 0 aliphatic carbocycles. The van der Waals surface area contributed by atoms with Gasteiger partial charge in [-0.3, -0.25) is 0 Å². The van der Waals surface area contributed by atoms with Gasteiger partial charge < -0.3 is 5.73 Å². The molecule has 0 saturated heterocycles. The van der Waals surface area contributed by atoms with Gasteiger partial charge in [-0.25, -0.2) is 0 Å². The van der Waals surface area contributed by atoms with Crippen LogP contribution in [0.1, 0.15) is 28.3 Å². The van der Waals surface area contributed by atoms with Crippen LogP contribution >= 0.6 is 31.9 Å². The summed E-state index contributed by atoms with van der Waals surface area (Å²) >= 11 is 7.06. The van der Waals surface area contributed by atoms with Crippen LogP contribution in [0.15, 0.2) is 45.3 Å². The third kappa shape index (κ3) is 2.85. The van der Waals surface area contributed by atoms with E-state index in [-0.39, 0.29) is 6.04 Å². The van der Waals surface area contributed by atoms with Crippen LogP contribution < -0.4 is 5.73 Å². The molecule has 0 aliphatic rings. The minimum Gasteiger partial charge on any atom is -0.320 e. The molecule has 3 heteroatoms. The molecule has 0 fully saturated rings. The molecule has 2 aromatic carbocycles. The topological polar surface area (TPSA) is 26.0 Å². The maximum absolute atomic E-state index is 6.40. The van der Waals surface area contributed by atoms with Crippen LogP contribution in [0, 0.1) is 13.8 Å². The summed E-state index contributed by atoms with van der Waals surface area (Å²) in [5, 5.41) is 0. The van der Waals surface area contributed by atoms with Crippen LogP contribution in [-0.4, -0.2) is 0 Å². The molecule has 1 unspecified atom stereocenters. The normalized spacial score (nSPS) is 12.5. The first-order valence-electron chi connectivity index (χ1n) is 5.76. The Kier molecular flexibility index (Phi) is 4.25. The molecule has 2 N–H and O–H groups in total. The molecule has 0 aromatic heterocycles. The second-order valence-electron chi connectivity index (χ2n) is 4.50. The van der Waals surface area contributed by atoms with E-state index in [0.29, 0.717) is 0 Å². The molecular weight excluding hydrogens is 354 g/mol. The predicted octanol–water partition coefficient (Wildman–Crippen LogP) is 4.88. The molecule has 0 radical (unpaired) electrons. The minimum atomic E-state index is -0.114. The molecule has 18 heavy (non-hydrogen) atoms. The molecule has 0 bridgehead atoms. The molecule has 0 aliphatic heterocycles. The first-order valence-corrected chi connectivity index (χ1v) is 7.35. The van der Waals surface area contributed by atoms with Crippen LogP contribution in [0.2, 0.25) is 0 Å². The van der Waals surface area contributed by atoms with Crippen LogP contribution in [0.25, 0.3) is 0 Å². The van der Waals surface area contributed by atoms with Crippen molar-refractivity contribution < 1.29 is 0 Å². The highest BCUT2D eigenvalue weighted by Gasteiger charge is 2.14. The van der Waals surface area contributed by atoms with Gasteiger partial charge in [0.1, 0.15) is 0 Å². The monoisotopic (exact) mass is 367 g/mol. The summed E-state index contributed by atoms with van der Waals surface area (Å²) in [6.45, 7) is 4.19. The molecular formula is C15H15Br2N. The summed E-state index contributed by atoms with van der Waals surface area (Å²) in [4.78, 5) is 0. The summed E-state index contributed by atoms with van der Waals surface area (Å²) in [6, 6.07) is 12.4. The first-order chi connectivity index (χ1) is 8.49. The van der Waals surface area contributed by atoms with Gasteiger partial charge in [-0.05, 0) is 48.7 Å². The fourth-order valence-corrected chi connectivity index (χ4v) is 2.89. The highest BCUT2D eigenvalue weighted by molar-refractivity contribution is 9.11. The van der Waals surface area contributed by atoms with E-state index >= 15 is 0 Å². The first kappa shape index (κ1) is 13.8. The van der Waals surface area contributed by atoms with Gasteiger partial charge in [0.2, 0.25) is 0 Å². The fraction of sp³-hybridized carbons (Fsp3) is 0.200. The number of rotatable bonds is 2. The third-order valence-corrected chi connectivity index (χ3v) is 4.28. The zero-order valence-corrected chi connectivity index (χ0v) is 13.5. The number of halogens is 2. The van der Waals surface area contributed by atoms with E-state index < -0.39 is 0 Å². The maximum atomic E-state index is 6.40. The summed E-state index contributed by atoms with van der Waals surface area (Å²) in [5.74, 6) is 0. The molecule has 94 valence electrons. The molecule has 1 atom stereocenters. The summed E-state index contributed by atoms with van der Waals surface area (Å²) in [5.41, 5.74) is 11.1. The average Bonchev–Trinajstić information content (AvgIpc) is 2.34. The maximum Gasteiger partial charge on any atom is 0.0565 e. The predicted molar refractivity (Wildman–Crippen MR) is 83.8 cm³/mol. The summed E-state index contributed by atoms with van der Waals surface area (Å²) in [6.07, 6.45) is 0. The average molecular weight is 369 g/mol. The Labute approximate surface area is 125 Å². The second-order valence-corrected chi connectivity index (χ2v) is 6.27. The van der Waals surface area contributed by atoms with E-state index in [4.69, 9.17) is 5.73 Å². The van der Waals surface area contributed by atoms with Crippen molar-refractivity contribution in [3.05, 3.63) is 67.6 Å². The quantitative estimate of drug-likeness (QED) is 0.803. The lowest BCUT2D eigenvalue weighted by molar-refractivity contribution is 0.853. The van der Waals surface area contributed by atoms with E-state index in [9.17, 15) is 0 Å². The second kappa shape index (κ2) is 5.55. The van der Waals surface area contributed by atoms with Gasteiger partial charge in [0.25, 0.3) is 0 Å². The van der Waals surface area contributed by atoms with Gasteiger partial charge in [-0.1, -0.05) is 55.6 Å². The van der Waals surface area contributed by atoms with Gasteiger partial charge in [0, 0.05) is 8.95 Å². The van der Waals surface area contributed by atoms with Gasteiger partial charge >= 0.3 is 0 Å². The Morgan fingerprint density at radius 1 is 0.944 bits per heavy atom. The van der Waals surface area contributed by atoms with Gasteiger partial charge in [0.15, 0.2) is 0 Å².